The van der Waals surface area contributed by atoms with Gasteiger partial charge in [-0.25, -0.2) is 0 Å². The summed E-state index contributed by atoms with van der Waals surface area (Å²) >= 11 is 1.07. The van der Waals surface area contributed by atoms with E-state index in [0.717, 1.165) is 18.3 Å². The summed E-state index contributed by atoms with van der Waals surface area (Å²) in [5, 5.41) is 2.55. The number of rotatable bonds is 6. The van der Waals surface area contributed by atoms with Crippen molar-refractivity contribution in [2.24, 2.45) is 0 Å². The van der Waals surface area contributed by atoms with Crippen LogP contribution in [0.5, 0.6) is 0 Å². The molecule has 0 radical (unpaired) electrons. The van der Waals surface area contributed by atoms with Crippen LogP contribution in [-0.4, -0.2) is 31.6 Å². The lowest BCUT2D eigenvalue weighted by atomic mass is 10.4. The zero-order valence-corrected chi connectivity index (χ0v) is 7.15. The largest absolute Gasteiger partial charge is 0.355 e. The second-order valence-corrected chi connectivity index (χ2v) is 2.59. The third-order valence-electron chi connectivity index (χ3n) is 0.892. The summed E-state index contributed by atoms with van der Waals surface area (Å²) in [6, 6.07) is 0. The van der Waals surface area contributed by atoms with Gasteiger partial charge in [-0.05, 0) is 0 Å². The highest BCUT2D eigenvalue weighted by molar-refractivity contribution is 7.95. The summed E-state index contributed by atoms with van der Waals surface area (Å²) in [4.78, 5) is 20.6. The summed E-state index contributed by atoms with van der Waals surface area (Å²) in [5.41, 5.74) is 0. The van der Waals surface area contributed by atoms with E-state index in [2.05, 4.69) is 9.50 Å². The first kappa shape index (κ1) is 10.4. The molecule has 0 rings (SSSR count). The number of carbonyl (C=O) groups excluding carboxylic acids is 2. The zero-order valence-electron chi connectivity index (χ0n) is 6.33. The number of carbonyl (C=O) groups is 2. The van der Waals surface area contributed by atoms with Gasteiger partial charge in [0.05, 0.1) is 12.9 Å². The number of amides is 1. The smallest absolute Gasteiger partial charge is 0.232 e. The van der Waals surface area contributed by atoms with Crippen LogP contribution in [0.25, 0.3) is 0 Å². The van der Waals surface area contributed by atoms with Gasteiger partial charge >= 0.3 is 0 Å². The predicted octanol–water partition coefficient (Wildman–Crippen LogP) is -0.0138. The van der Waals surface area contributed by atoms with Gasteiger partial charge in [0.1, 0.15) is 6.29 Å². The van der Waals surface area contributed by atoms with Gasteiger partial charge in [0.25, 0.3) is 0 Å². The minimum absolute atomic E-state index is 0.112. The van der Waals surface area contributed by atoms with Crippen molar-refractivity contribution in [3.63, 3.8) is 0 Å². The molecule has 0 atom stereocenters. The lowest BCUT2D eigenvalue weighted by Crippen LogP contribution is -2.26. The van der Waals surface area contributed by atoms with Gasteiger partial charge in [0.15, 0.2) is 0 Å². The van der Waals surface area contributed by atoms with Crippen molar-refractivity contribution < 1.29 is 13.8 Å². The number of nitrogens with one attached hydrogen (secondary N) is 1. The number of hydrogen-bond acceptors (Lipinski definition) is 4. The van der Waals surface area contributed by atoms with Crippen molar-refractivity contribution in [2.45, 2.75) is 6.42 Å². The Morgan fingerprint density at radius 2 is 2.45 bits per heavy atom. The molecule has 5 heteroatoms. The fourth-order valence-corrected chi connectivity index (χ4v) is 0.761. The first-order valence-electron chi connectivity index (χ1n) is 3.17. The topological polar surface area (TPSA) is 55.4 Å². The van der Waals surface area contributed by atoms with E-state index >= 15 is 0 Å². The van der Waals surface area contributed by atoms with E-state index in [4.69, 9.17) is 0 Å². The third-order valence-corrected chi connectivity index (χ3v) is 1.51. The molecule has 11 heavy (non-hydrogen) atoms. The lowest BCUT2D eigenvalue weighted by Gasteiger charge is -1.99. The van der Waals surface area contributed by atoms with Crippen molar-refractivity contribution in [1.82, 2.24) is 5.32 Å². The Labute approximate surface area is 69.9 Å². The van der Waals surface area contributed by atoms with E-state index in [1.165, 1.54) is 7.11 Å². The van der Waals surface area contributed by atoms with Gasteiger partial charge in [-0.15, -0.1) is 0 Å². The molecule has 0 aliphatic rings. The van der Waals surface area contributed by atoms with Crippen molar-refractivity contribution in [1.29, 1.82) is 0 Å². The van der Waals surface area contributed by atoms with E-state index in [-0.39, 0.29) is 11.7 Å². The van der Waals surface area contributed by atoms with Crippen molar-refractivity contribution in [3.05, 3.63) is 0 Å². The van der Waals surface area contributed by atoms with Crippen LogP contribution in [0.3, 0.4) is 0 Å². The van der Waals surface area contributed by atoms with Gasteiger partial charge in [0.2, 0.25) is 5.91 Å². The van der Waals surface area contributed by atoms with Crippen molar-refractivity contribution >= 4 is 24.2 Å². The molecule has 0 aromatic heterocycles. The Morgan fingerprint density at radius 3 is 3.00 bits per heavy atom. The highest BCUT2D eigenvalue weighted by Crippen LogP contribution is 1.96. The van der Waals surface area contributed by atoms with Gasteiger partial charge in [-0.3, -0.25) is 4.79 Å². The summed E-state index contributed by atoms with van der Waals surface area (Å²) in [6.45, 7) is 0.409. The SMILES string of the molecule is COSCC(=O)NCCC=O. The van der Waals surface area contributed by atoms with Crippen LogP contribution < -0.4 is 5.32 Å². The van der Waals surface area contributed by atoms with Crippen LogP contribution in [0.2, 0.25) is 0 Å². The molecule has 0 aliphatic carbocycles. The van der Waals surface area contributed by atoms with E-state index in [9.17, 15) is 9.59 Å². The third kappa shape index (κ3) is 7.35. The van der Waals surface area contributed by atoms with E-state index in [0.29, 0.717) is 13.0 Å². The molecule has 0 spiro atoms. The normalized spacial score (nSPS) is 9.18. The molecule has 4 nitrogen and oxygen atoms in total. The Bertz CT molecular complexity index is 129. The highest BCUT2D eigenvalue weighted by Gasteiger charge is 1.98. The molecular formula is C6H11NO3S. The molecule has 0 aliphatic heterocycles. The summed E-state index contributed by atoms with van der Waals surface area (Å²) in [5.74, 6) is 0.161. The molecule has 0 bridgehead atoms. The molecule has 0 aromatic carbocycles. The minimum Gasteiger partial charge on any atom is -0.355 e. The molecule has 64 valence electrons. The predicted molar refractivity (Wildman–Crippen MR) is 43.2 cm³/mol. The first-order chi connectivity index (χ1) is 5.31. The summed E-state index contributed by atoms with van der Waals surface area (Å²) in [6.07, 6.45) is 1.13. The van der Waals surface area contributed by atoms with Crippen LogP contribution in [0.1, 0.15) is 6.42 Å². The van der Waals surface area contributed by atoms with Crippen LogP contribution in [0.4, 0.5) is 0 Å². The second-order valence-electron chi connectivity index (χ2n) is 1.73. The average molecular weight is 177 g/mol. The minimum atomic E-state index is -0.112. The monoisotopic (exact) mass is 177 g/mol. The maximum absolute atomic E-state index is 10.7. The Balaban J connectivity index is 3.15. The first-order valence-corrected chi connectivity index (χ1v) is 4.08. The molecular weight excluding hydrogens is 166 g/mol. The average Bonchev–Trinajstić information content (AvgIpc) is 2.01. The summed E-state index contributed by atoms with van der Waals surface area (Å²) < 4.78 is 4.61. The maximum Gasteiger partial charge on any atom is 0.232 e. The molecule has 0 aromatic rings. The summed E-state index contributed by atoms with van der Waals surface area (Å²) in [7, 11) is 1.50. The molecule has 1 N–H and O–H groups in total. The van der Waals surface area contributed by atoms with Crippen molar-refractivity contribution in [2.75, 3.05) is 19.4 Å². The van der Waals surface area contributed by atoms with E-state index in [1.807, 2.05) is 0 Å². The fourth-order valence-electron chi connectivity index (χ4n) is 0.434. The van der Waals surface area contributed by atoms with Crippen LogP contribution in [0, 0.1) is 0 Å². The van der Waals surface area contributed by atoms with Gasteiger partial charge in [0, 0.05) is 25.0 Å². The molecule has 0 saturated carbocycles. The lowest BCUT2D eigenvalue weighted by molar-refractivity contribution is -0.118. The number of hydrogen-bond donors (Lipinski definition) is 1. The van der Waals surface area contributed by atoms with E-state index < -0.39 is 0 Å². The molecule has 0 unspecified atom stereocenters. The van der Waals surface area contributed by atoms with Crippen molar-refractivity contribution in [3.8, 4) is 0 Å². The Hall–Kier alpha value is -0.550. The van der Waals surface area contributed by atoms with Gasteiger partial charge in [-0.2, -0.15) is 0 Å². The Kier molecular flexibility index (Phi) is 7.18. The van der Waals surface area contributed by atoms with Crippen LogP contribution >= 0.6 is 12.0 Å². The van der Waals surface area contributed by atoms with Gasteiger partial charge < -0.3 is 14.3 Å². The second kappa shape index (κ2) is 7.56. The number of aldehydes is 1. The Morgan fingerprint density at radius 1 is 1.73 bits per heavy atom. The van der Waals surface area contributed by atoms with Crippen LogP contribution in [0.15, 0.2) is 0 Å². The highest BCUT2D eigenvalue weighted by atomic mass is 32.2. The van der Waals surface area contributed by atoms with Crippen LogP contribution in [-0.2, 0) is 13.8 Å². The van der Waals surface area contributed by atoms with Gasteiger partial charge in [-0.1, -0.05) is 0 Å². The molecule has 0 heterocycles. The van der Waals surface area contributed by atoms with E-state index in [1.54, 1.807) is 0 Å². The molecule has 1 amide bonds. The molecule has 0 saturated heterocycles. The fraction of sp³-hybridized carbons (Fsp3) is 0.667. The standard InChI is InChI=1S/C6H11NO3S/c1-10-11-5-6(9)7-3-2-4-8/h4H,2-3,5H2,1H3,(H,7,9). The molecule has 0 fully saturated rings. The quantitative estimate of drug-likeness (QED) is 0.352. The zero-order chi connectivity index (χ0) is 8.53. The maximum atomic E-state index is 10.7.